The van der Waals surface area contributed by atoms with Gasteiger partial charge in [0.2, 0.25) is 0 Å². The molecule has 3 rings (SSSR count). The van der Waals surface area contributed by atoms with Gasteiger partial charge >= 0.3 is 5.97 Å². The Hall–Kier alpha value is -2.11. The molecule has 3 aromatic rings. The molecule has 0 saturated heterocycles. The summed E-state index contributed by atoms with van der Waals surface area (Å²) in [5.74, 6) is 0.299. The first-order valence-corrected chi connectivity index (χ1v) is 8.29. The Morgan fingerprint density at radius 2 is 2.22 bits per heavy atom. The van der Waals surface area contributed by atoms with Gasteiger partial charge in [0, 0.05) is 28.0 Å². The third-order valence-corrected chi connectivity index (χ3v) is 4.84. The number of nitrogens with zero attached hydrogens (tertiary/aromatic N) is 1. The normalized spacial score (nSPS) is 10.7. The zero-order valence-electron chi connectivity index (χ0n) is 12.4. The van der Waals surface area contributed by atoms with Crippen LogP contribution in [0.5, 0.6) is 5.75 Å². The summed E-state index contributed by atoms with van der Waals surface area (Å²) >= 11 is 7.64. The predicted octanol–water partition coefficient (Wildman–Crippen LogP) is 4.71. The SMILES string of the molecule is CCOC(=O)c1sc2ccc(OCc3cccnc3)cc2c1Cl. The highest BCUT2D eigenvalue weighted by molar-refractivity contribution is 7.21. The van der Waals surface area contributed by atoms with Crippen LogP contribution in [-0.4, -0.2) is 17.6 Å². The first kappa shape index (κ1) is 15.8. The molecule has 118 valence electrons. The van der Waals surface area contributed by atoms with Gasteiger partial charge in [0.25, 0.3) is 0 Å². The predicted molar refractivity (Wildman–Crippen MR) is 91.4 cm³/mol. The molecule has 0 saturated carbocycles. The van der Waals surface area contributed by atoms with Gasteiger partial charge in [-0.05, 0) is 31.2 Å². The molecule has 0 atom stereocenters. The number of rotatable bonds is 5. The molecule has 0 aliphatic rings. The van der Waals surface area contributed by atoms with Crippen molar-refractivity contribution < 1.29 is 14.3 Å². The molecule has 0 unspecified atom stereocenters. The van der Waals surface area contributed by atoms with Gasteiger partial charge < -0.3 is 9.47 Å². The van der Waals surface area contributed by atoms with Gasteiger partial charge in [-0.25, -0.2) is 4.79 Å². The number of ether oxygens (including phenoxy) is 2. The number of halogens is 1. The van der Waals surface area contributed by atoms with Crippen molar-refractivity contribution in [2.75, 3.05) is 6.61 Å². The third kappa shape index (κ3) is 3.46. The number of hydrogen-bond donors (Lipinski definition) is 0. The van der Waals surface area contributed by atoms with E-state index in [0.717, 1.165) is 15.6 Å². The number of carbonyl (C=O) groups excluding carboxylic acids is 1. The molecule has 1 aromatic carbocycles. The lowest BCUT2D eigenvalue weighted by molar-refractivity contribution is 0.0532. The zero-order chi connectivity index (χ0) is 16.2. The van der Waals surface area contributed by atoms with Gasteiger partial charge in [0.05, 0.1) is 11.6 Å². The summed E-state index contributed by atoms with van der Waals surface area (Å²) in [6.45, 7) is 2.51. The Morgan fingerprint density at radius 1 is 1.35 bits per heavy atom. The summed E-state index contributed by atoms with van der Waals surface area (Å²) in [6.07, 6.45) is 3.48. The minimum Gasteiger partial charge on any atom is -0.489 e. The summed E-state index contributed by atoms with van der Waals surface area (Å²) < 4.78 is 11.7. The summed E-state index contributed by atoms with van der Waals surface area (Å²) in [5.41, 5.74) is 0.983. The van der Waals surface area contributed by atoms with Gasteiger partial charge in [-0.3, -0.25) is 4.98 Å². The Bertz CT molecular complexity index is 832. The topological polar surface area (TPSA) is 48.4 Å². The van der Waals surface area contributed by atoms with Gasteiger partial charge in [-0.1, -0.05) is 17.7 Å². The molecule has 0 aliphatic carbocycles. The first-order chi connectivity index (χ1) is 11.2. The van der Waals surface area contributed by atoms with Gasteiger partial charge in [0.1, 0.15) is 17.2 Å². The molecule has 0 radical (unpaired) electrons. The van der Waals surface area contributed by atoms with Crippen molar-refractivity contribution in [3.8, 4) is 5.75 Å². The minimum atomic E-state index is -0.392. The number of esters is 1. The average Bonchev–Trinajstić information content (AvgIpc) is 2.91. The fourth-order valence-electron chi connectivity index (χ4n) is 2.11. The van der Waals surface area contributed by atoms with Crippen LogP contribution in [0.3, 0.4) is 0 Å². The van der Waals surface area contributed by atoms with Crippen molar-refractivity contribution in [1.82, 2.24) is 4.98 Å². The molecular formula is C17H14ClNO3S. The molecule has 2 heterocycles. The highest BCUT2D eigenvalue weighted by Gasteiger charge is 2.18. The summed E-state index contributed by atoms with van der Waals surface area (Å²) in [5, 5.41) is 1.21. The van der Waals surface area contributed by atoms with Crippen molar-refractivity contribution in [2.45, 2.75) is 13.5 Å². The van der Waals surface area contributed by atoms with E-state index in [9.17, 15) is 4.79 Å². The van der Waals surface area contributed by atoms with Crippen LogP contribution in [0.2, 0.25) is 5.02 Å². The van der Waals surface area contributed by atoms with E-state index in [0.29, 0.717) is 28.9 Å². The van der Waals surface area contributed by atoms with E-state index in [4.69, 9.17) is 21.1 Å². The van der Waals surface area contributed by atoms with Gasteiger partial charge in [0.15, 0.2) is 0 Å². The summed E-state index contributed by atoms with van der Waals surface area (Å²) in [6, 6.07) is 9.41. The fraction of sp³-hybridized carbons (Fsp3) is 0.176. The van der Waals surface area contributed by atoms with E-state index in [1.807, 2.05) is 30.3 Å². The second kappa shape index (κ2) is 6.98. The number of thiophene rings is 1. The molecule has 0 N–H and O–H groups in total. The smallest absolute Gasteiger partial charge is 0.349 e. The Morgan fingerprint density at radius 3 is 2.96 bits per heavy atom. The Labute approximate surface area is 142 Å². The lowest BCUT2D eigenvalue weighted by Crippen LogP contribution is -2.02. The molecular weight excluding hydrogens is 334 g/mol. The molecule has 2 aromatic heterocycles. The number of carbonyl (C=O) groups is 1. The Balaban J connectivity index is 1.84. The number of benzene rings is 1. The van der Waals surface area contributed by atoms with Crippen LogP contribution < -0.4 is 4.74 Å². The van der Waals surface area contributed by atoms with Gasteiger partial charge in [-0.15, -0.1) is 11.3 Å². The van der Waals surface area contributed by atoms with E-state index in [1.54, 1.807) is 19.3 Å². The Kier molecular flexibility index (Phi) is 4.79. The summed E-state index contributed by atoms with van der Waals surface area (Å²) in [4.78, 5) is 16.4. The molecule has 6 heteroatoms. The van der Waals surface area contributed by atoms with Crippen LogP contribution in [-0.2, 0) is 11.3 Å². The number of fused-ring (bicyclic) bond motifs is 1. The van der Waals surface area contributed by atoms with Crippen molar-refractivity contribution >= 4 is 39.0 Å². The van der Waals surface area contributed by atoms with Crippen LogP contribution in [0, 0.1) is 0 Å². The zero-order valence-corrected chi connectivity index (χ0v) is 14.0. The molecule has 0 fully saturated rings. The van der Waals surface area contributed by atoms with Crippen LogP contribution in [0.25, 0.3) is 10.1 Å². The maximum absolute atomic E-state index is 11.9. The fourth-order valence-corrected chi connectivity index (χ4v) is 3.49. The first-order valence-electron chi connectivity index (χ1n) is 7.10. The maximum atomic E-state index is 11.9. The maximum Gasteiger partial charge on any atom is 0.349 e. The molecule has 0 spiro atoms. The average molecular weight is 348 g/mol. The molecule has 0 bridgehead atoms. The highest BCUT2D eigenvalue weighted by Crippen LogP contribution is 2.37. The van der Waals surface area contributed by atoms with Crippen molar-refractivity contribution in [3.63, 3.8) is 0 Å². The largest absolute Gasteiger partial charge is 0.489 e. The van der Waals surface area contributed by atoms with Crippen LogP contribution in [0.15, 0.2) is 42.7 Å². The van der Waals surface area contributed by atoms with Crippen molar-refractivity contribution in [1.29, 1.82) is 0 Å². The molecule has 0 amide bonds. The lowest BCUT2D eigenvalue weighted by atomic mass is 10.2. The van der Waals surface area contributed by atoms with E-state index < -0.39 is 5.97 Å². The second-order valence-electron chi connectivity index (χ2n) is 4.77. The van der Waals surface area contributed by atoms with Gasteiger partial charge in [-0.2, -0.15) is 0 Å². The van der Waals surface area contributed by atoms with E-state index in [-0.39, 0.29) is 0 Å². The van der Waals surface area contributed by atoms with Crippen LogP contribution in [0.1, 0.15) is 22.2 Å². The van der Waals surface area contributed by atoms with E-state index >= 15 is 0 Å². The minimum absolute atomic E-state index is 0.322. The summed E-state index contributed by atoms with van der Waals surface area (Å²) in [7, 11) is 0. The van der Waals surface area contributed by atoms with Crippen LogP contribution in [0.4, 0.5) is 0 Å². The van der Waals surface area contributed by atoms with Crippen LogP contribution >= 0.6 is 22.9 Å². The van der Waals surface area contributed by atoms with Crippen molar-refractivity contribution in [3.05, 3.63) is 58.2 Å². The third-order valence-electron chi connectivity index (χ3n) is 3.19. The molecule has 0 aliphatic heterocycles. The molecule has 23 heavy (non-hydrogen) atoms. The molecule has 4 nitrogen and oxygen atoms in total. The quantitative estimate of drug-likeness (QED) is 0.627. The second-order valence-corrected chi connectivity index (χ2v) is 6.20. The highest BCUT2D eigenvalue weighted by atomic mass is 35.5. The number of aromatic nitrogens is 1. The lowest BCUT2D eigenvalue weighted by Gasteiger charge is -2.06. The van der Waals surface area contributed by atoms with E-state index in [1.165, 1.54) is 11.3 Å². The monoisotopic (exact) mass is 347 g/mol. The van der Waals surface area contributed by atoms with E-state index in [2.05, 4.69) is 4.98 Å². The number of hydrogen-bond acceptors (Lipinski definition) is 5. The number of pyridine rings is 1. The standard InChI is InChI=1S/C17H14ClNO3S/c1-2-21-17(20)16-15(18)13-8-12(5-6-14(13)23-16)22-10-11-4-3-7-19-9-11/h3-9H,2,10H2,1H3. The van der Waals surface area contributed by atoms with Crippen molar-refractivity contribution in [2.24, 2.45) is 0 Å².